The summed E-state index contributed by atoms with van der Waals surface area (Å²) in [6.07, 6.45) is -3.71. The van der Waals surface area contributed by atoms with Crippen molar-refractivity contribution in [3.8, 4) is 0 Å². The lowest BCUT2D eigenvalue weighted by Crippen LogP contribution is -2.45. The van der Waals surface area contributed by atoms with Gasteiger partial charge in [-0.3, -0.25) is 9.52 Å². The van der Waals surface area contributed by atoms with Crippen molar-refractivity contribution in [3.63, 3.8) is 0 Å². The summed E-state index contributed by atoms with van der Waals surface area (Å²) in [4.78, 5) is 20.4. The molecule has 1 aromatic carbocycles. The number of likely N-dealkylation sites (N-methyl/N-ethyl adjacent to an activating group) is 1. The van der Waals surface area contributed by atoms with E-state index < -0.39 is 39.5 Å². The van der Waals surface area contributed by atoms with Gasteiger partial charge in [0.1, 0.15) is 17.3 Å². The monoisotopic (exact) mass is 517 g/mol. The summed E-state index contributed by atoms with van der Waals surface area (Å²) >= 11 is 0. The number of anilines is 2. The predicted molar refractivity (Wildman–Crippen MR) is 124 cm³/mol. The van der Waals surface area contributed by atoms with Crippen LogP contribution in [0.4, 0.5) is 29.1 Å². The van der Waals surface area contributed by atoms with Crippen LogP contribution >= 0.6 is 0 Å². The number of halogens is 4. The molecule has 1 saturated heterocycles. The normalized spacial score (nSPS) is 16.1. The highest BCUT2D eigenvalue weighted by atomic mass is 32.2. The minimum atomic E-state index is -4.60. The minimum absolute atomic E-state index is 0.0633. The summed E-state index contributed by atoms with van der Waals surface area (Å²) in [5, 5.41) is 2.68. The third kappa shape index (κ3) is 7.04. The van der Waals surface area contributed by atoms with E-state index in [4.69, 9.17) is 0 Å². The molecule has 1 aliphatic heterocycles. The smallest absolute Gasteiger partial charge is 0.354 e. The van der Waals surface area contributed by atoms with E-state index >= 15 is 0 Å². The van der Waals surface area contributed by atoms with Crippen molar-refractivity contribution >= 4 is 27.4 Å². The van der Waals surface area contributed by atoms with E-state index in [0.29, 0.717) is 37.3 Å². The molecule has 1 unspecified atom stereocenters. The van der Waals surface area contributed by atoms with E-state index in [2.05, 4.69) is 15.2 Å². The fourth-order valence-electron chi connectivity index (χ4n) is 3.64. The maximum atomic E-state index is 14.3. The minimum Gasteiger partial charge on any atom is -0.354 e. The molecule has 1 aliphatic rings. The molecule has 35 heavy (non-hydrogen) atoms. The molecule has 0 saturated carbocycles. The van der Waals surface area contributed by atoms with Crippen LogP contribution in [0.5, 0.6) is 0 Å². The van der Waals surface area contributed by atoms with Gasteiger partial charge in [0.15, 0.2) is 0 Å². The number of carbonyl (C=O) groups excluding carboxylic acids is 1. The van der Waals surface area contributed by atoms with Crippen molar-refractivity contribution in [1.29, 1.82) is 0 Å². The molecule has 8 nitrogen and oxygen atoms in total. The Hall–Kier alpha value is -2.93. The van der Waals surface area contributed by atoms with Gasteiger partial charge in [0, 0.05) is 38.3 Å². The SMILES string of the molecule is CC(C(=O)NCc1ccc(C(F)(F)F)nc1N1CCN(C)CC1)c1ccc(NS(C)(=O)=O)c(F)c1. The van der Waals surface area contributed by atoms with Crippen LogP contribution in [0.1, 0.15) is 29.7 Å². The molecular formula is C22H27F4N5O3S. The summed E-state index contributed by atoms with van der Waals surface area (Å²) in [7, 11) is -1.75. The Morgan fingerprint density at radius 3 is 2.37 bits per heavy atom. The van der Waals surface area contributed by atoms with E-state index in [1.807, 2.05) is 11.8 Å². The third-order valence-electron chi connectivity index (χ3n) is 5.68. The molecule has 1 fully saturated rings. The van der Waals surface area contributed by atoms with Gasteiger partial charge >= 0.3 is 6.18 Å². The number of rotatable bonds is 7. The average Bonchev–Trinajstić information content (AvgIpc) is 2.77. The first-order chi connectivity index (χ1) is 16.2. The van der Waals surface area contributed by atoms with Gasteiger partial charge in [0.25, 0.3) is 0 Å². The number of carbonyl (C=O) groups is 1. The van der Waals surface area contributed by atoms with Crippen LogP contribution in [0.3, 0.4) is 0 Å². The molecule has 1 aromatic heterocycles. The molecule has 0 radical (unpaired) electrons. The fraction of sp³-hybridized carbons (Fsp3) is 0.455. The summed E-state index contributed by atoms with van der Waals surface area (Å²) in [5.74, 6) is -1.94. The Bertz CT molecular complexity index is 1180. The second-order valence-electron chi connectivity index (χ2n) is 8.52. The van der Waals surface area contributed by atoms with Crippen LogP contribution in [-0.4, -0.2) is 63.7 Å². The third-order valence-corrected chi connectivity index (χ3v) is 6.27. The highest BCUT2D eigenvalue weighted by Crippen LogP contribution is 2.31. The van der Waals surface area contributed by atoms with Gasteiger partial charge in [-0.25, -0.2) is 17.8 Å². The van der Waals surface area contributed by atoms with E-state index in [1.165, 1.54) is 18.2 Å². The van der Waals surface area contributed by atoms with Crippen molar-refractivity contribution in [2.45, 2.75) is 25.6 Å². The number of benzene rings is 1. The first-order valence-corrected chi connectivity index (χ1v) is 12.7. The standard InChI is InChI=1S/C22H27F4N5O3S/c1-14(15-4-6-18(17(23)12-15)29-35(3,33)34)21(32)27-13-16-5-7-19(22(24,25)26)28-20(16)31-10-8-30(2)9-11-31/h4-7,12,14,29H,8-11,13H2,1-3H3,(H,27,32). The molecule has 2 heterocycles. The molecular weight excluding hydrogens is 490 g/mol. The van der Waals surface area contributed by atoms with Gasteiger partial charge in [0.05, 0.1) is 17.9 Å². The van der Waals surface area contributed by atoms with Crippen molar-refractivity contribution in [2.75, 3.05) is 49.1 Å². The number of sulfonamides is 1. The zero-order valence-electron chi connectivity index (χ0n) is 19.5. The number of alkyl halides is 3. The van der Waals surface area contributed by atoms with Crippen LogP contribution in [0.15, 0.2) is 30.3 Å². The molecule has 1 amide bonds. The second kappa shape index (κ2) is 10.4. The number of amides is 1. The summed E-state index contributed by atoms with van der Waals surface area (Å²) < 4.78 is 78.8. The number of piperazine rings is 1. The summed E-state index contributed by atoms with van der Waals surface area (Å²) in [6, 6.07) is 5.90. The van der Waals surface area contributed by atoms with E-state index in [9.17, 15) is 30.8 Å². The number of nitrogens with one attached hydrogen (secondary N) is 2. The second-order valence-corrected chi connectivity index (χ2v) is 10.3. The molecule has 2 N–H and O–H groups in total. The molecule has 1 atom stereocenters. The number of hydrogen-bond acceptors (Lipinski definition) is 6. The number of hydrogen-bond donors (Lipinski definition) is 2. The zero-order valence-corrected chi connectivity index (χ0v) is 20.3. The summed E-state index contributed by atoms with van der Waals surface area (Å²) in [5.41, 5.74) is -0.504. The Balaban J connectivity index is 1.75. The van der Waals surface area contributed by atoms with Crippen LogP contribution in [-0.2, 0) is 27.5 Å². The summed E-state index contributed by atoms with van der Waals surface area (Å²) in [6.45, 7) is 3.80. The first kappa shape index (κ1) is 26.7. The Morgan fingerprint density at radius 2 is 1.80 bits per heavy atom. The van der Waals surface area contributed by atoms with Gasteiger partial charge in [0.2, 0.25) is 15.9 Å². The Labute approximate surface area is 201 Å². The lowest BCUT2D eigenvalue weighted by molar-refractivity contribution is -0.141. The van der Waals surface area contributed by atoms with Crippen LogP contribution < -0.4 is 14.9 Å². The van der Waals surface area contributed by atoms with Gasteiger partial charge in [-0.1, -0.05) is 12.1 Å². The first-order valence-electron chi connectivity index (χ1n) is 10.8. The number of pyridine rings is 1. The molecule has 192 valence electrons. The highest BCUT2D eigenvalue weighted by molar-refractivity contribution is 7.92. The van der Waals surface area contributed by atoms with Crippen LogP contribution in [0.25, 0.3) is 0 Å². The van der Waals surface area contributed by atoms with E-state index in [-0.39, 0.29) is 18.1 Å². The molecule has 13 heteroatoms. The van der Waals surface area contributed by atoms with Crippen LogP contribution in [0, 0.1) is 5.82 Å². The Morgan fingerprint density at radius 1 is 1.14 bits per heavy atom. The van der Waals surface area contributed by atoms with Gasteiger partial charge in [-0.05, 0) is 37.7 Å². The maximum absolute atomic E-state index is 14.3. The maximum Gasteiger partial charge on any atom is 0.433 e. The number of aromatic nitrogens is 1. The van der Waals surface area contributed by atoms with Gasteiger partial charge in [-0.15, -0.1) is 0 Å². The van der Waals surface area contributed by atoms with Crippen molar-refractivity contribution in [2.24, 2.45) is 0 Å². The lowest BCUT2D eigenvalue weighted by Gasteiger charge is -2.34. The molecule has 0 bridgehead atoms. The van der Waals surface area contributed by atoms with Crippen molar-refractivity contribution in [1.82, 2.24) is 15.2 Å². The van der Waals surface area contributed by atoms with E-state index in [0.717, 1.165) is 18.4 Å². The predicted octanol–water partition coefficient (Wildman–Crippen LogP) is 2.78. The fourth-order valence-corrected chi connectivity index (χ4v) is 4.20. The zero-order chi connectivity index (χ0) is 26.0. The van der Waals surface area contributed by atoms with Gasteiger partial charge < -0.3 is 15.1 Å². The topological polar surface area (TPSA) is 94.6 Å². The van der Waals surface area contributed by atoms with Crippen molar-refractivity contribution < 1.29 is 30.8 Å². The lowest BCUT2D eigenvalue weighted by atomic mass is 9.99. The molecule has 3 rings (SSSR count). The average molecular weight is 518 g/mol. The Kier molecular flexibility index (Phi) is 7.90. The molecule has 2 aromatic rings. The molecule has 0 aliphatic carbocycles. The van der Waals surface area contributed by atoms with Crippen LogP contribution in [0.2, 0.25) is 0 Å². The van der Waals surface area contributed by atoms with E-state index in [1.54, 1.807) is 11.8 Å². The highest BCUT2D eigenvalue weighted by Gasteiger charge is 2.34. The van der Waals surface area contributed by atoms with Gasteiger partial charge in [-0.2, -0.15) is 13.2 Å². The van der Waals surface area contributed by atoms with Crippen molar-refractivity contribution in [3.05, 3.63) is 53.0 Å². The molecule has 0 spiro atoms. The quantitative estimate of drug-likeness (QED) is 0.549. The number of nitrogens with zero attached hydrogens (tertiary/aromatic N) is 3. The largest absolute Gasteiger partial charge is 0.433 e.